The molecule has 1 fully saturated rings. The number of esters is 3. The van der Waals surface area contributed by atoms with E-state index in [2.05, 4.69) is 0 Å². The third kappa shape index (κ3) is 2.81. The van der Waals surface area contributed by atoms with E-state index in [1.54, 1.807) is 26.0 Å². The Labute approximate surface area is 145 Å². The van der Waals surface area contributed by atoms with Crippen LogP contribution in [0.15, 0.2) is 35.9 Å². The predicted molar refractivity (Wildman–Crippen MR) is 88.2 cm³/mol. The Hall–Kier alpha value is -2.63. The van der Waals surface area contributed by atoms with Gasteiger partial charge in [0.25, 0.3) is 0 Å². The second-order valence-electron chi connectivity index (χ2n) is 6.06. The van der Waals surface area contributed by atoms with Gasteiger partial charge in [-0.1, -0.05) is 30.3 Å². The lowest BCUT2D eigenvalue weighted by Crippen LogP contribution is -2.41. The average Bonchev–Trinajstić information content (AvgIpc) is 3.10. The quantitative estimate of drug-likeness (QED) is 0.463. The minimum atomic E-state index is -1.45. The largest absolute Gasteiger partial charge is 0.465 e. The normalized spacial score (nSPS) is 20.9. The van der Waals surface area contributed by atoms with Crippen molar-refractivity contribution in [1.29, 1.82) is 0 Å². The average molecular weight is 344 g/mol. The van der Waals surface area contributed by atoms with Crippen molar-refractivity contribution in [3.63, 3.8) is 0 Å². The lowest BCUT2D eigenvalue weighted by Gasteiger charge is -2.24. The summed E-state index contributed by atoms with van der Waals surface area (Å²) in [4.78, 5) is 37.4. The number of hydrogen-bond acceptors (Lipinski definition) is 6. The molecule has 25 heavy (non-hydrogen) atoms. The smallest absolute Gasteiger partial charge is 0.339 e. The zero-order chi connectivity index (χ0) is 18.0. The topological polar surface area (TPSA) is 78.9 Å². The Bertz CT molecular complexity index is 716. The molecule has 6 nitrogen and oxygen atoms in total. The van der Waals surface area contributed by atoms with Crippen LogP contribution >= 0.6 is 0 Å². The fourth-order valence-corrected chi connectivity index (χ4v) is 3.47. The summed E-state index contributed by atoms with van der Waals surface area (Å²) in [6.45, 7) is 3.69. The van der Waals surface area contributed by atoms with E-state index in [0.29, 0.717) is 16.7 Å². The molecule has 0 spiro atoms. The van der Waals surface area contributed by atoms with Gasteiger partial charge in [-0.05, 0) is 25.0 Å². The highest BCUT2D eigenvalue weighted by Crippen LogP contribution is 2.50. The van der Waals surface area contributed by atoms with Gasteiger partial charge in [0.05, 0.1) is 18.8 Å². The number of benzene rings is 1. The van der Waals surface area contributed by atoms with Crippen LogP contribution in [0.5, 0.6) is 0 Å². The number of ether oxygens (including phenoxy) is 3. The van der Waals surface area contributed by atoms with E-state index < -0.39 is 29.4 Å². The zero-order valence-electron chi connectivity index (χ0n) is 14.2. The summed E-state index contributed by atoms with van der Waals surface area (Å²) in [6.07, 6.45) is -0.468. The van der Waals surface area contributed by atoms with Crippen LogP contribution in [0.25, 0.3) is 5.57 Å². The Morgan fingerprint density at radius 2 is 1.72 bits per heavy atom. The molecule has 1 heterocycles. The van der Waals surface area contributed by atoms with Gasteiger partial charge >= 0.3 is 17.9 Å². The summed E-state index contributed by atoms with van der Waals surface area (Å²) < 4.78 is 15.7. The molecule has 1 saturated carbocycles. The molecule has 1 unspecified atom stereocenters. The van der Waals surface area contributed by atoms with Crippen LogP contribution in [0.1, 0.15) is 32.3 Å². The maximum atomic E-state index is 12.6. The van der Waals surface area contributed by atoms with Crippen molar-refractivity contribution in [2.24, 2.45) is 5.41 Å². The number of carbonyl (C=O) groups excluding carboxylic acids is 3. The van der Waals surface area contributed by atoms with Crippen LogP contribution in [-0.4, -0.2) is 37.2 Å². The van der Waals surface area contributed by atoms with Crippen molar-refractivity contribution in [2.75, 3.05) is 13.2 Å². The van der Waals surface area contributed by atoms with Crippen molar-refractivity contribution < 1.29 is 28.6 Å². The van der Waals surface area contributed by atoms with Crippen LogP contribution in [0.2, 0.25) is 0 Å². The van der Waals surface area contributed by atoms with Crippen molar-refractivity contribution in [3.8, 4) is 0 Å². The fourth-order valence-electron chi connectivity index (χ4n) is 3.47. The molecule has 132 valence electrons. The summed E-state index contributed by atoms with van der Waals surface area (Å²) in [5.74, 6) is -1.68. The van der Waals surface area contributed by atoms with Crippen LogP contribution in [-0.2, 0) is 28.6 Å². The van der Waals surface area contributed by atoms with E-state index in [-0.39, 0.29) is 26.1 Å². The molecule has 0 N–H and O–H groups in total. The maximum Gasteiger partial charge on any atom is 0.339 e. The molecule has 3 rings (SSSR count). The molecule has 0 bridgehead atoms. The molecule has 6 heteroatoms. The second-order valence-corrected chi connectivity index (χ2v) is 6.06. The Morgan fingerprint density at radius 3 is 2.28 bits per heavy atom. The molecule has 0 aromatic heterocycles. The van der Waals surface area contributed by atoms with E-state index in [0.717, 1.165) is 0 Å². The van der Waals surface area contributed by atoms with Crippen LogP contribution in [0, 0.1) is 5.41 Å². The van der Waals surface area contributed by atoms with Gasteiger partial charge in [-0.2, -0.15) is 0 Å². The van der Waals surface area contributed by atoms with Crippen LogP contribution in [0.4, 0.5) is 0 Å². The Morgan fingerprint density at radius 1 is 1.12 bits per heavy atom. The van der Waals surface area contributed by atoms with Gasteiger partial charge in [-0.3, -0.25) is 9.59 Å². The molecule has 1 atom stereocenters. The molecule has 1 aromatic carbocycles. The Balaban J connectivity index is 2.03. The molecular weight excluding hydrogens is 324 g/mol. The first-order valence-electron chi connectivity index (χ1n) is 8.37. The first kappa shape index (κ1) is 17.2. The van der Waals surface area contributed by atoms with E-state index in [1.165, 1.54) is 0 Å². The molecular formula is C19H20O6. The summed E-state index contributed by atoms with van der Waals surface area (Å²) in [6, 6.07) is 9.11. The molecule has 2 aliphatic rings. The number of rotatable bonds is 5. The van der Waals surface area contributed by atoms with Crippen molar-refractivity contribution in [2.45, 2.75) is 32.8 Å². The minimum Gasteiger partial charge on any atom is -0.465 e. The van der Waals surface area contributed by atoms with Gasteiger partial charge in [0, 0.05) is 12.8 Å². The van der Waals surface area contributed by atoms with Gasteiger partial charge in [-0.25, -0.2) is 4.79 Å². The van der Waals surface area contributed by atoms with E-state index >= 15 is 0 Å². The maximum absolute atomic E-state index is 12.6. The molecule has 0 saturated heterocycles. The lowest BCUT2D eigenvalue weighted by atomic mass is 9.85. The van der Waals surface area contributed by atoms with Crippen LogP contribution < -0.4 is 0 Å². The van der Waals surface area contributed by atoms with Crippen LogP contribution in [0.3, 0.4) is 0 Å². The first-order valence-corrected chi connectivity index (χ1v) is 8.37. The molecule has 1 aromatic rings. The third-order valence-electron chi connectivity index (χ3n) is 4.58. The van der Waals surface area contributed by atoms with E-state index in [4.69, 9.17) is 14.2 Å². The summed E-state index contributed by atoms with van der Waals surface area (Å²) in [5.41, 5.74) is 0.360. The number of carbonyl (C=O) groups is 3. The predicted octanol–water partition coefficient (Wildman–Crippen LogP) is 2.27. The monoisotopic (exact) mass is 344 g/mol. The van der Waals surface area contributed by atoms with Gasteiger partial charge in [0.1, 0.15) is 6.10 Å². The lowest BCUT2D eigenvalue weighted by molar-refractivity contribution is -0.173. The summed E-state index contributed by atoms with van der Waals surface area (Å²) >= 11 is 0. The number of hydrogen-bond donors (Lipinski definition) is 0. The number of fused-ring (bicyclic) bond motifs is 1. The fraction of sp³-hybridized carbons (Fsp3) is 0.421. The molecule has 1 aliphatic carbocycles. The highest BCUT2D eigenvalue weighted by atomic mass is 16.6. The zero-order valence-corrected chi connectivity index (χ0v) is 14.2. The summed E-state index contributed by atoms with van der Waals surface area (Å²) in [7, 11) is 0. The second kappa shape index (κ2) is 6.70. The Kier molecular flexibility index (Phi) is 4.61. The molecule has 0 radical (unpaired) electrons. The van der Waals surface area contributed by atoms with Crippen molar-refractivity contribution in [3.05, 3.63) is 41.5 Å². The summed E-state index contributed by atoms with van der Waals surface area (Å²) in [5, 5.41) is 0. The highest BCUT2D eigenvalue weighted by molar-refractivity contribution is 6.20. The van der Waals surface area contributed by atoms with Crippen molar-refractivity contribution in [1.82, 2.24) is 0 Å². The van der Waals surface area contributed by atoms with E-state index in [9.17, 15) is 14.4 Å². The van der Waals surface area contributed by atoms with E-state index in [1.807, 2.05) is 18.2 Å². The first-order chi connectivity index (χ1) is 12.0. The SMILES string of the molecule is CCOC(=O)C1(C(=O)OCC)CC2=C(c3ccccc3)C(=O)OC2C1. The molecule has 0 amide bonds. The third-order valence-corrected chi connectivity index (χ3v) is 4.58. The highest BCUT2D eigenvalue weighted by Gasteiger charge is 2.59. The van der Waals surface area contributed by atoms with Gasteiger partial charge in [-0.15, -0.1) is 0 Å². The molecule has 1 aliphatic heterocycles. The van der Waals surface area contributed by atoms with Gasteiger partial charge in [0.15, 0.2) is 5.41 Å². The van der Waals surface area contributed by atoms with Gasteiger partial charge in [0.2, 0.25) is 0 Å². The van der Waals surface area contributed by atoms with Gasteiger partial charge < -0.3 is 14.2 Å². The minimum absolute atomic E-state index is 0.0576. The standard InChI is InChI=1S/C19H20O6/c1-3-23-17(21)19(18(22)24-4-2)10-13-14(11-19)25-16(20)15(13)12-8-6-5-7-9-12/h5-9,14H,3-4,10-11H2,1-2H3. The van der Waals surface area contributed by atoms with Crippen molar-refractivity contribution >= 4 is 23.5 Å².